The molecule has 1 aromatic heterocycles. The number of benzene rings is 1. The van der Waals surface area contributed by atoms with Crippen molar-refractivity contribution >= 4 is 22.8 Å². The van der Waals surface area contributed by atoms with Gasteiger partial charge in [0.05, 0.1) is 23.1 Å². The van der Waals surface area contributed by atoms with Crippen LogP contribution in [0.1, 0.15) is 61.3 Å². The van der Waals surface area contributed by atoms with Crippen molar-refractivity contribution < 1.29 is 18.0 Å². The molecule has 0 spiro atoms. The summed E-state index contributed by atoms with van der Waals surface area (Å²) >= 11 is 1.53. The Balaban J connectivity index is 1.93. The van der Waals surface area contributed by atoms with Gasteiger partial charge in [0.25, 0.3) is 0 Å². The average molecular weight is 472 g/mol. The van der Waals surface area contributed by atoms with E-state index in [1.807, 2.05) is 12.1 Å². The summed E-state index contributed by atoms with van der Waals surface area (Å²) in [5.74, 6) is -0.633. The summed E-state index contributed by atoms with van der Waals surface area (Å²) < 4.78 is 40.1. The largest absolute Gasteiger partial charge is 0.416 e. The Bertz CT molecular complexity index is 1220. The van der Waals surface area contributed by atoms with Crippen LogP contribution in [0, 0.1) is 11.3 Å². The number of hydrogen-bond acceptors (Lipinski definition) is 5. The van der Waals surface area contributed by atoms with Gasteiger partial charge in [-0.2, -0.15) is 18.4 Å². The number of nitrogens with zero attached hydrogens (tertiary/aromatic N) is 2. The summed E-state index contributed by atoms with van der Waals surface area (Å²) in [7, 11) is 0. The molecule has 4 rings (SSSR count). The van der Waals surface area contributed by atoms with Crippen LogP contribution in [0.15, 0.2) is 59.1 Å². The van der Waals surface area contributed by atoms with Crippen molar-refractivity contribution in [2.45, 2.75) is 57.5 Å². The first-order chi connectivity index (χ1) is 15.4. The zero-order chi connectivity index (χ0) is 24.1. The Morgan fingerprint density at radius 3 is 2.48 bits per heavy atom. The van der Waals surface area contributed by atoms with Gasteiger partial charge in [0.2, 0.25) is 0 Å². The van der Waals surface area contributed by atoms with E-state index < -0.39 is 17.7 Å². The van der Waals surface area contributed by atoms with E-state index in [1.165, 1.54) is 28.4 Å². The molecular weight excluding hydrogens is 447 g/mol. The van der Waals surface area contributed by atoms with E-state index in [9.17, 15) is 23.2 Å². The lowest BCUT2D eigenvalue weighted by molar-refractivity contribution is -0.137. The van der Waals surface area contributed by atoms with Gasteiger partial charge >= 0.3 is 6.18 Å². The minimum atomic E-state index is -4.52. The van der Waals surface area contributed by atoms with Gasteiger partial charge in [0.1, 0.15) is 5.82 Å². The highest BCUT2D eigenvalue weighted by atomic mass is 32.1. The first-order valence-electron chi connectivity index (χ1n) is 10.7. The number of Topliss-reactive ketones (excluding diaryl/α,β-unsaturated/α-hetero) is 1. The highest BCUT2D eigenvalue weighted by Crippen LogP contribution is 2.48. The topological polar surface area (TPSA) is 70.1 Å². The molecule has 2 aliphatic rings. The quantitative estimate of drug-likeness (QED) is 0.553. The van der Waals surface area contributed by atoms with Gasteiger partial charge in [-0.1, -0.05) is 26.8 Å². The molecule has 2 N–H and O–H groups in total. The third-order valence-electron chi connectivity index (χ3n) is 6.00. The van der Waals surface area contributed by atoms with E-state index in [0.717, 1.165) is 21.9 Å². The number of alkyl halides is 3. The predicted octanol–water partition coefficient (Wildman–Crippen LogP) is 6.37. The number of thiophene rings is 1. The molecule has 1 aliphatic heterocycles. The van der Waals surface area contributed by atoms with Crippen molar-refractivity contribution in [3.05, 3.63) is 74.4 Å². The molecule has 0 bridgehead atoms. The SMILES string of the molecule is CC(C)(C)c1ccc(C2C(C#N)=C(N)N(c3cccc(C(F)(F)F)c3)C3=C2C(=O)CCC3)s1. The van der Waals surface area contributed by atoms with Crippen LogP contribution >= 0.6 is 11.3 Å². The molecule has 0 saturated carbocycles. The smallest absolute Gasteiger partial charge is 0.384 e. The van der Waals surface area contributed by atoms with Crippen LogP contribution in [0.5, 0.6) is 0 Å². The third-order valence-corrected chi connectivity index (χ3v) is 7.57. The van der Waals surface area contributed by atoms with Crippen LogP contribution in [0.2, 0.25) is 0 Å². The molecule has 1 aliphatic carbocycles. The van der Waals surface area contributed by atoms with Crippen molar-refractivity contribution in [1.82, 2.24) is 0 Å². The highest BCUT2D eigenvalue weighted by molar-refractivity contribution is 7.12. The fourth-order valence-corrected chi connectivity index (χ4v) is 5.58. The number of nitrogens with two attached hydrogens (primary N) is 1. The van der Waals surface area contributed by atoms with E-state index in [4.69, 9.17) is 5.73 Å². The second-order valence-corrected chi connectivity index (χ2v) is 10.4. The van der Waals surface area contributed by atoms with Crippen molar-refractivity contribution in [2.24, 2.45) is 5.73 Å². The van der Waals surface area contributed by atoms with Gasteiger partial charge < -0.3 is 5.73 Å². The Morgan fingerprint density at radius 1 is 1.15 bits per heavy atom. The molecule has 0 amide bonds. The predicted molar refractivity (Wildman–Crippen MR) is 122 cm³/mol. The van der Waals surface area contributed by atoms with Gasteiger partial charge in [0.15, 0.2) is 5.78 Å². The molecule has 1 atom stereocenters. The molecule has 4 nitrogen and oxygen atoms in total. The molecular formula is C25H24F3N3OS. The van der Waals surface area contributed by atoms with Crippen LogP contribution < -0.4 is 10.6 Å². The lowest BCUT2D eigenvalue weighted by atomic mass is 9.78. The number of carbonyl (C=O) groups is 1. The van der Waals surface area contributed by atoms with Crippen LogP contribution in [-0.4, -0.2) is 5.78 Å². The molecule has 0 radical (unpaired) electrons. The Kier molecular flexibility index (Phi) is 5.65. The van der Waals surface area contributed by atoms with Crippen LogP contribution in [0.3, 0.4) is 0 Å². The van der Waals surface area contributed by atoms with E-state index in [2.05, 4.69) is 26.8 Å². The fourth-order valence-electron chi connectivity index (χ4n) is 4.40. The first-order valence-corrected chi connectivity index (χ1v) is 11.5. The fraction of sp³-hybridized carbons (Fsp3) is 0.360. The molecule has 8 heteroatoms. The number of allylic oxidation sites excluding steroid dienone is 3. The Morgan fingerprint density at radius 2 is 1.88 bits per heavy atom. The molecule has 1 unspecified atom stereocenters. The average Bonchev–Trinajstić information content (AvgIpc) is 3.23. The van der Waals surface area contributed by atoms with Gasteiger partial charge in [-0.3, -0.25) is 9.69 Å². The molecule has 0 fully saturated rings. The van der Waals surface area contributed by atoms with Gasteiger partial charge in [0, 0.05) is 33.1 Å². The first kappa shape index (κ1) is 23.1. The zero-order valence-electron chi connectivity index (χ0n) is 18.6. The van der Waals surface area contributed by atoms with Gasteiger partial charge in [-0.05, 0) is 48.6 Å². The number of ketones is 1. The molecule has 2 aromatic rings. The number of halogens is 3. The monoisotopic (exact) mass is 471 g/mol. The second-order valence-electron chi connectivity index (χ2n) is 9.32. The number of rotatable bonds is 2. The van der Waals surface area contributed by atoms with Crippen LogP contribution in [0.4, 0.5) is 18.9 Å². The molecule has 2 heterocycles. The maximum atomic E-state index is 13.4. The van der Waals surface area contributed by atoms with Crippen molar-refractivity contribution in [2.75, 3.05) is 4.90 Å². The molecule has 33 heavy (non-hydrogen) atoms. The lowest BCUT2D eigenvalue weighted by Crippen LogP contribution is -2.38. The molecule has 0 saturated heterocycles. The number of nitriles is 1. The maximum Gasteiger partial charge on any atom is 0.416 e. The third kappa shape index (κ3) is 4.06. The Hall–Kier alpha value is -3.05. The molecule has 172 valence electrons. The lowest BCUT2D eigenvalue weighted by Gasteiger charge is -2.39. The Labute approximate surface area is 194 Å². The van der Waals surface area contributed by atoms with E-state index in [-0.39, 0.29) is 28.3 Å². The molecule has 1 aromatic carbocycles. The summed E-state index contributed by atoms with van der Waals surface area (Å²) in [6.45, 7) is 6.26. The van der Waals surface area contributed by atoms with Gasteiger partial charge in [-0.15, -0.1) is 11.3 Å². The minimum Gasteiger partial charge on any atom is -0.384 e. The van der Waals surface area contributed by atoms with E-state index in [0.29, 0.717) is 30.5 Å². The zero-order valence-corrected chi connectivity index (χ0v) is 19.4. The summed E-state index contributed by atoms with van der Waals surface area (Å²) in [6.07, 6.45) is -3.12. The number of hydrogen-bond donors (Lipinski definition) is 1. The standard InChI is InChI=1S/C25H24F3N3OS/c1-24(2,3)20-11-10-19(33-20)21-16(13-29)23(30)31(17-8-5-9-18(32)22(17)21)15-7-4-6-14(12-15)25(26,27)28/h4,6-7,10-12,21H,5,8-9,30H2,1-3H3. The summed E-state index contributed by atoms with van der Waals surface area (Å²) in [4.78, 5) is 16.6. The maximum absolute atomic E-state index is 13.4. The normalized spacial score (nSPS) is 19.6. The summed E-state index contributed by atoms with van der Waals surface area (Å²) in [5.41, 5.74) is 6.97. The minimum absolute atomic E-state index is 0.0704. The number of carbonyl (C=O) groups excluding carboxylic acids is 1. The summed E-state index contributed by atoms with van der Waals surface area (Å²) in [6, 6.07) is 10.9. The van der Waals surface area contributed by atoms with Crippen molar-refractivity contribution in [3.63, 3.8) is 0 Å². The highest BCUT2D eigenvalue weighted by Gasteiger charge is 2.41. The summed E-state index contributed by atoms with van der Waals surface area (Å²) in [5, 5.41) is 10.1. The van der Waals surface area contributed by atoms with Crippen molar-refractivity contribution in [3.8, 4) is 6.07 Å². The van der Waals surface area contributed by atoms with E-state index >= 15 is 0 Å². The number of anilines is 1. The second kappa shape index (κ2) is 8.07. The van der Waals surface area contributed by atoms with Crippen LogP contribution in [0.25, 0.3) is 0 Å². The van der Waals surface area contributed by atoms with Gasteiger partial charge in [-0.25, -0.2) is 0 Å². The van der Waals surface area contributed by atoms with Crippen molar-refractivity contribution in [1.29, 1.82) is 5.26 Å². The van der Waals surface area contributed by atoms with Crippen LogP contribution in [-0.2, 0) is 16.4 Å². The van der Waals surface area contributed by atoms with E-state index in [1.54, 1.807) is 0 Å².